The Morgan fingerprint density at radius 3 is 2.52 bits per heavy atom. The zero-order chi connectivity index (χ0) is 23.4. The second-order valence-corrected chi connectivity index (χ2v) is 9.30. The Hall–Kier alpha value is -3.17. The van der Waals surface area contributed by atoms with Crippen LogP contribution >= 0.6 is 23.1 Å². The molecule has 0 saturated heterocycles. The third kappa shape index (κ3) is 4.94. The molecule has 0 amide bonds. The topological polar surface area (TPSA) is 89.9 Å². The van der Waals surface area contributed by atoms with Gasteiger partial charge in [-0.05, 0) is 37.8 Å². The molecule has 4 aromatic rings. The SMILES string of the molecule is CCOC(=O)c1c(C)[nH]c(C)c1C(=O)CSc1nnc(-c2cccs2)n1Cc1ccccc1. The van der Waals surface area contributed by atoms with Gasteiger partial charge in [-0.2, -0.15) is 0 Å². The molecule has 3 heterocycles. The quantitative estimate of drug-likeness (QED) is 0.202. The van der Waals surface area contributed by atoms with E-state index < -0.39 is 5.97 Å². The van der Waals surface area contributed by atoms with E-state index in [1.165, 1.54) is 11.8 Å². The number of thioether (sulfide) groups is 1. The van der Waals surface area contributed by atoms with Gasteiger partial charge >= 0.3 is 5.97 Å². The van der Waals surface area contributed by atoms with Gasteiger partial charge in [0.1, 0.15) is 0 Å². The summed E-state index contributed by atoms with van der Waals surface area (Å²) < 4.78 is 7.19. The second-order valence-electron chi connectivity index (χ2n) is 7.41. The molecule has 170 valence electrons. The number of ether oxygens (including phenoxy) is 1. The summed E-state index contributed by atoms with van der Waals surface area (Å²) in [6, 6.07) is 14.1. The number of hydrogen-bond acceptors (Lipinski definition) is 7. The van der Waals surface area contributed by atoms with Crippen LogP contribution in [0, 0.1) is 13.8 Å². The molecule has 4 rings (SSSR count). The van der Waals surface area contributed by atoms with Crippen molar-refractivity contribution >= 4 is 34.9 Å². The van der Waals surface area contributed by atoms with Crippen molar-refractivity contribution in [1.82, 2.24) is 19.7 Å². The number of nitrogens with zero attached hydrogens (tertiary/aromatic N) is 3. The van der Waals surface area contributed by atoms with E-state index in [2.05, 4.69) is 27.3 Å². The minimum atomic E-state index is -0.486. The number of Topliss-reactive ketones (excluding diaryl/α,β-unsaturated/α-hetero) is 1. The lowest BCUT2D eigenvalue weighted by molar-refractivity contribution is 0.0522. The smallest absolute Gasteiger partial charge is 0.340 e. The summed E-state index contributed by atoms with van der Waals surface area (Å²) in [6.07, 6.45) is 0. The normalized spacial score (nSPS) is 11.0. The molecule has 0 unspecified atom stereocenters. The van der Waals surface area contributed by atoms with Crippen LogP contribution in [0.2, 0.25) is 0 Å². The highest BCUT2D eigenvalue weighted by molar-refractivity contribution is 7.99. The zero-order valence-corrected chi connectivity index (χ0v) is 20.3. The first kappa shape index (κ1) is 23.0. The summed E-state index contributed by atoms with van der Waals surface area (Å²) in [5.74, 6) is 0.253. The molecule has 0 bridgehead atoms. The molecule has 3 aromatic heterocycles. The van der Waals surface area contributed by atoms with Gasteiger partial charge in [-0.3, -0.25) is 9.36 Å². The molecule has 33 heavy (non-hydrogen) atoms. The minimum Gasteiger partial charge on any atom is -0.462 e. The van der Waals surface area contributed by atoms with Crippen molar-refractivity contribution in [2.45, 2.75) is 32.5 Å². The number of rotatable bonds is 9. The lowest BCUT2D eigenvalue weighted by Gasteiger charge is -2.10. The number of aromatic amines is 1. The van der Waals surface area contributed by atoms with Crippen LogP contribution in [0.1, 0.15) is 44.6 Å². The first-order valence-electron chi connectivity index (χ1n) is 10.5. The van der Waals surface area contributed by atoms with Crippen molar-refractivity contribution in [2.75, 3.05) is 12.4 Å². The van der Waals surface area contributed by atoms with E-state index in [-0.39, 0.29) is 18.1 Å². The molecular weight excluding hydrogens is 456 g/mol. The van der Waals surface area contributed by atoms with Crippen LogP contribution < -0.4 is 0 Å². The Bertz CT molecular complexity index is 1260. The Balaban J connectivity index is 1.60. The Kier molecular flexibility index (Phi) is 7.10. The fourth-order valence-electron chi connectivity index (χ4n) is 3.68. The monoisotopic (exact) mass is 480 g/mol. The van der Waals surface area contributed by atoms with Gasteiger partial charge < -0.3 is 9.72 Å². The number of carbonyl (C=O) groups is 2. The van der Waals surface area contributed by atoms with Crippen LogP contribution in [0.25, 0.3) is 10.7 Å². The molecule has 0 spiro atoms. The highest BCUT2D eigenvalue weighted by atomic mass is 32.2. The number of aryl methyl sites for hydroxylation is 2. The maximum atomic E-state index is 13.2. The molecule has 1 N–H and O–H groups in total. The van der Waals surface area contributed by atoms with Crippen LogP contribution in [0.4, 0.5) is 0 Å². The van der Waals surface area contributed by atoms with Crippen LogP contribution in [0.3, 0.4) is 0 Å². The van der Waals surface area contributed by atoms with Gasteiger partial charge in [0.25, 0.3) is 0 Å². The van der Waals surface area contributed by atoms with E-state index in [1.54, 1.807) is 32.1 Å². The van der Waals surface area contributed by atoms with Gasteiger partial charge in [0.05, 0.1) is 34.9 Å². The number of hydrogen-bond donors (Lipinski definition) is 1. The highest BCUT2D eigenvalue weighted by Gasteiger charge is 2.26. The summed E-state index contributed by atoms with van der Waals surface area (Å²) in [4.78, 5) is 29.7. The standard InChI is InChI=1S/C24H24N4O3S2/c1-4-31-23(30)21-16(3)25-15(2)20(21)18(29)14-33-24-27-26-22(19-11-8-12-32-19)28(24)13-17-9-6-5-7-10-17/h5-12,25H,4,13-14H2,1-3H3. The molecule has 0 aliphatic carbocycles. The molecule has 0 aliphatic heterocycles. The average Bonchev–Trinajstić information content (AvgIpc) is 3.52. The predicted octanol–water partition coefficient (Wildman–Crippen LogP) is 5.15. The molecule has 9 heteroatoms. The van der Waals surface area contributed by atoms with Crippen molar-refractivity contribution in [3.05, 3.63) is 75.9 Å². The van der Waals surface area contributed by atoms with Crippen molar-refractivity contribution < 1.29 is 14.3 Å². The van der Waals surface area contributed by atoms with Gasteiger partial charge in [0, 0.05) is 11.4 Å². The number of nitrogens with one attached hydrogen (secondary N) is 1. The van der Waals surface area contributed by atoms with E-state index in [4.69, 9.17) is 4.74 Å². The summed E-state index contributed by atoms with van der Waals surface area (Å²) in [5, 5.41) is 11.4. The summed E-state index contributed by atoms with van der Waals surface area (Å²) >= 11 is 2.91. The maximum Gasteiger partial charge on any atom is 0.340 e. The van der Waals surface area contributed by atoms with Crippen LogP contribution in [0.15, 0.2) is 53.0 Å². The average molecular weight is 481 g/mol. The molecule has 0 saturated carbocycles. The van der Waals surface area contributed by atoms with Gasteiger partial charge in [0.2, 0.25) is 0 Å². The number of carbonyl (C=O) groups excluding carboxylic acids is 2. The van der Waals surface area contributed by atoms with Crippen molar-refractivity contribution in [1.29, 1.82) is 0 Å². The van der Waals surface area contributed by atoms with Gasteiger partial charge in [0.15, 0.2) is 16.8 Å². The molecule has 0 fully saturated rings. The summed E-state index contributed by atoms with van der Waals surface area (Å²) in [7, 11) is 0. The van der Waals surface area contributed by atoms with Crippen LogP contribution in [-0.4, -0.2) is 43.9 Å². The maximum absolute atomic E-state index is 13.2. The first-order chi connectivity index (χ1) is 16.0. The number of benzene rings is 1. The molecule has 0 atom stereocenters. The largest absolute Gasteiger partial charge is 0.462 e. The molecule has 1 aromatic carbocycles. The summed E-state index contributed by atoms with van der Waals surface area (Å²) in [6.45, 7) is 6.15. The van der Waals surface area contributed by atoms with Crippen molar-refractivity contribution in [3.63, 3.8) is 0 Å². The third-order valence-corrected chi connectivity index (χ3v) is 6.94. The van der Waals surface area contributed by atoms with E-state index in [0.717, 1.165) is 16.3 Å². The Labute approximate surface area is 200 Å². The fourth-order valence-corrected chi connectivity index (χ4v) is 5.21. The van der Waals surface area contributed by atoms with E-state index in [0.29, 0.717) is 34.2 Å². The predicted molar refractivity (Wildman–Crippen MR) is 130 cm³/mol. The molecular formula is C24H24N4O3S2. The van der Waals surface area contributed by atoms with Gasteiger partial charge in [-0.15, -0.1) is 21.5 Å². The number of thiophene rings is 1. The number of aromatic nitrogens is 4. The number of esters is 1. The van der Waals surface area contributed by atoms with Crippen molar-refractivity contribution in [3.8, 4) is 10.7 Å². The lowest BCUT2D eigenvalue weighted by Crippen LogP contribution is -2.13. The van der Waals surface area contributed by atoms with Crippen molar-refractivity contribution in [2.24, 2.45) is 0 Å². The highest BCUT2D eigenvalue weighted by Crippen LogP contribution is 2.29. The molecule has 0 radical (unpaired) electrons. The first-order valence-corrected chi connectivity index (χ1v) is 12.4. The van der Waals surface area contributed by atoms with Crippen LogP contribution in [-0.2, 0) is 11.3 Å². The zero-order valence-electron chi connectivity index (χ0n) is 18.6. The number of ketones is 1. The Morgan fingerprint density at radius 1 is 1.06 bits per heavy atom. The fraction of sp³-hybridized carbons (Fsp3) is 0.250. The third-order valence-electron chi connectivity index (χ3n) is 5.11. The minimum absolute atomic E-state index is 0.127. The Morgan fingerprint density at radius 2 is 1.82 bits per heavy atom. The van der Waals surface area contributed by atoms with Gasteiger partial charge in [-0.1, -0.05) is 48.2 Å². The van der Waals surface area contributed by atoms with Crippen LogP contribution in [0.5, 0.6) is 0 Å². The second kappa shape index (κ2) is 10.2. The van der Waals surface area contributed by atoms with E-state index >= 15 is 0 Å². The summed E-state index contributed by atoms with van der Waals surface area (Å²) in [5.41, 5.74) is 3.10. The van der Waals surface area contributed by atoms with E-state index in [1.807, 2.05) is 40.3 Å². The molecule has 0 aliphatic rings. The van der Waals surface area contributed by atoms with Gasteiger partial charge in [-0.25, -0.2) is 4.79 Å². The lowest BCUT2D eigenvalue weighted by atomic mass is 10.1. The van der Waals surface area contributed by atoms with E-state index in [9.17, 15) is 9.59 Å². The molecule has 7 nitrogen and oxygen atoms in total. The number of H-pyrrole nitrogens is 1.